The van der Waals surface area contributed by atoms with Gasteiger partial charge in [0.05, 0.1) is 13.0 Å². The van der Waals surface area contributed by atoms with Gasteiger partial charge in [-0.25, -0.2) is 0 Å². The van der Waals surface area contributed by atoms with Crippen molar-refractivity contribution in [3.05, 3.63) is 30.1 Å². The summed E-state index contributed by atoms with van der Waals surface area (Å²) in [6, 6.07) is 4.23. The van der Waals surface area contributed by atoms with Gasteiger partial charge in [0.25, 0.3) is 0 Å². The largest absolute Gasteiger partial charge is 0.466 e. The minimum absolute atomic E-state index is 0.0946. The van der Waals surface area contributed by atoms with Gasteiger partial charge >= 0.3 is 5.97 Å². The summed E-state index contributed by atoms with van der Waals surface area (Å²) in [5, 5.41) is 3.36. The number of hydrogen-bond acceptors (Lipinski definition) is 4. The van der Waals surface area contributed by atoms with E-state index in [-0.39, 0.29) is 18.1 Å². The first-order valence-corrected chi connectivity index (χ1v) is 5.95. The normalized spacial score (nSPS) is 14.1. The van der Waals surface area contributed by atoms with Crippen LogP contribution in [0.25, 0.3) is 0 Å². The van der Waals surface area contributed by atoms with E-state index in [1.807, 2.05) is 26.0 Å². The molecular formula is C13H20N2O2. The number of esters is 1. The number of carbonyl (C=O) groups excluding carboxylic acids is 1. The topological polar surface area (TPSA) is 51.2 Å². The third-order valence-corrected chi connectivity index (χ3v) is 2.52. The molecule has 1 rings (SSSR count). The lowest BCUT2D eigenvalue weighted by Crippen LogP contribution is -2.31. The molecule has 0 bridgehead atoms. The van der Waals surface area contributed by atoms with Gasteiger partial charge in [-0.2, -0.15) is 0 Å². The molecule has 1 heterocycles. The van der Waals surface area contributed by atoms with E-state index in [4.69, 9.17) is 4.74 Å². The highest BCUT2D eigenvalue weighted by Crippen LogP contribution is 2.12. The Bertz CT molecular complexity index is 341. The predicted octanol–water partition coefficient (Wildman–Crippen LogP) is 2.07. The molecule has 0 aliphatic heterocycles. The molecule has 1 unspecified atom stereocenters. The summed E-state index contributed by atoms with van der Waals surface area (Å²) >= 11 is 0. The molecule has 2 atom stereocenters. The number of nitrogens with zero attached hydrogens (tertiary/aromatic N) is 1. The summed E-state index contributed by atoms with van der Waals surface area (Å²) < 4.78 is 4.91. The Morgan fingerprint density at radius 3 is 2.65 bits per heavy atom. The van der Waals surface area contributed by atoms with E-state index in [9.17, 15) is 4.79 Å². The number of hydrogen-bond donors (Lipinski definition) is 1. The number of pyridine rings is 1. The first kappa shape index (κ1) is 13.6. The third kappa shape index (κ3) is 4.95. The maximum absolute atomic E-state index is 11.3. The number of aromatic nitrogens is 1. The molecule has 0 saturated heterocycles. The van der Waals surface area contributed by atoms with Crippen LogP contribution in [0.4, 0.5) is 0 Å². The van der Waals surface area contributed by atoms with Crippen molar-refractivity contribution in [2.45, 2.75) is 39.3 Å². The smallest absolute Gasteiger partial charge is 0.307 e. The van der Waals surface area contributed by atoms with Crippen LogP contribution >= 0.6 is 0 Å². The molecule has 0 aromatic carbocycles. The van der Waals surface area contributed by atoms with E-state index in [2.05, 4.69) is 17.2 Å². The number of ether oxygens (including phenoxy) is 1. The van der Waals surface area contributed by atoms with Crippen LogP contribution in [0.1, 0.15) is 38.8 Å². The van der Waals surface area contributed by atoms with Crippen molar-refractivity contribution in [1.82, 2.24) is 10.3 Å². The standard InChI is InChI=1S/C13H20N2O2/c1-4-17-13(16)9-10(2)15-11(3)12-5-7-14-8-6-12/h5-8,10-11,15H,4,9H2,1-3H3/t10?,11-/m0/s1. The highest BCUT2D eigenvalue weighted by Gasteiger charge is 2.13. The van der Waals surface area contributed by atoms with Gasteiger partial charge < -0.3 is 10.1 Å². The number of nitrogens with one attached hydrogen (secondary N) is 1. The molecule has 4 heteroatoms. The summed E-state index contributed by atoms with van der Waals surface area (Å²) in [6.45, 7) is 6.30. The Morgan fingerprint density at radius 2 is 2.06 bits per heavy atom. The van der Waals surface area contributed by atoms with E-state index in [1.54, 1.807) is 12.4 Å². The second kappa shape index (κ2) is 7.01. The summed E-state index contributed by atoms with van der Waals surface area (Å²) in [7, 11) is 0. The van der Waals surface area contributed by atoms with Crippen LogP contribution in [0.5, 0.6) is 0 Å². The highest BCUT2D eigenvalue weighted by molar-refractivity contribution is 5.70. The van der Waals surface area contributed by atoms with Gasteiger partial charge in [0.2, 0.25) is 0 Å². The monoisotopic (exact) mass is 236 g/mol. The maximum atomic E-state index is 11.3. The van der Waals surface area contributed by atoms with Crippen LogP contribution in [0.3, 0.4) is 0 Å². The number of carbonyl (C=O) groups is 1. The zero-order chi connectivity index (χ0) is 12.7. The summed E-state index contributed by atoms with van der Waals surface area (Å²) in [5.41, 5.74) is 1.16. The van der Waals surface area contributed by atoms with E-state index in [0.29, 0.717) is 13.0 Å². The quantitative estimate of drug-likeness (QED) is 0.768. The number of rotatable bonds is 6. The van der Waals surface area contributed by atoms with E-state index in [1.165, 1.54) is 0 Å². The zero-order valence-electron chi connectivity index (χ0n) is 10.6. The van der Waals surface area contributed by atoms with Crippen molar-refractivity contribution in [1.29, 1.82) is 0 Å². The molecule has 0 fully saturated rings. The van der Waals surface area contributed by atoms with Crippen molar-refractivity contribution in [2.75, 3.05) is 6.61 Å². The summed E-state index contributed by atoms with van der Waals surface area (Å²) in [4.78, 5) is 15.3. The average Bonchev–Trinajstić information content (AvgIpc) is 2.30. The molecule has 1 N–H and O–H groups in total. The maximum Gasteiger partial charge on any atom is 0.307 e. The lowest BCUT2D eigenvalue weighted by Gasteiger charge is -2.19. The molecule has 0 aliphatic carbocycles. The van der Waals surface area contributed by atoms with E-state index in [0.717, 1.165) is 5.56 Å². The second-order valence-corrected chi connectivity index (χ2v) is 4.08. The van der Waals surface area contributed by atoms with Crippen LogP contribution in [-0.4, -0.2) is 23.6 Å². The predicted molar refractivity (Wildman–Crippen MR) is 66.5 cm³/mol. The van der Waals surface area contributed by atoms with Crippen molar-refractivity contribution < 1.29 is 9.53 Å². The van der Waals surface area contributed by atoms with Gasteiger partial charge in [-0.1, -0.05) is 0 Å². The van der Waals surface area contributed by atoms with E-state index >= 15 is 0 Å². The first-order chi connectivity index (χ1) is 8.13. The molecule has 0 amide bonds. The average molecular weight is 236 g/mol. The van der Waals surface area contributed by atoms with Crippen LogP contribution in [0.2, 0.25) is 0 Å². The zero-order valence-corrected chi connectivity index (χ0v) is 10.6. The fraction of sp³-hybridized carbons (Fsp3) is 0.538. The van der Waals surface area contributed by atoms with Crippen molar-refractivity contribution in [3.63, 3.8) is 0 Å². The fourth-order valence-electron chi connectivity index (χ4n) is 1.70. The molecule has 17 heavy (non-hydrogen) atoms. The lowest BCUT2D eigenvalue weighted by atomic mass is 10.1. The molecule has 0 aliphatic rings. The van der Waals surface area contributed by atoms with Gasteiger partial charge in [0.1, 0.15) is 0 Å². The van der Waals surface area contributed by atoms with Crippen molar-refractivity contribution in [2.24, 2.45) is 0 Å². The fourth-order valence-corrected chi connectivity index (χ4v) is 1.70. The van der Waals surface area contributed by atoms with Gasteiger partial charge in [0.15, 0.2) is 0 Å². The Labute approximate surface area is 102 Å². The summed E-state index contributed by atoms with van der Waals surface area (Å²) in [6.07, 6.45) is 3.93. The molecule has 4 nitrogen and oxygen atoms in total. The molecular weight excluding hydrogens is 216 g/mol. The minimum atomic E-state index is -0.158. The molecule has 94 valence electrons. The molecule has 0 spiro atoms. The van der Waals surface area contributed by atoms with Crippen LogP contribution < -0.4 is 5.32 Å². The highest BCUT2D eigenvalue weighted by atomic mass is 16.5. The van der Waals surface area contributed by atoms with Gasteiger partial charge in [-0.3, -0.25) is 9.78 Å². The SMILES string of the molecule is CCOC(=O)CC(C)N[C@@H](C)c1ccncc1. The van der Waals surface area contributed by atoms with Crippen LogP contribution in [0, 0.1) is 0 Å². The van der Waals surface area contributed by atoms with Gasteiger partial charge in [-0.05, 0) is 38.5 Å². The van der Waals surface area contributed by atoms with Crippen LogP contribution in [-0.2, 0) is 9.53 Å². The van der Waals surface area contributed by atoms with E-state index < -0.39 is 0 Å². The second-order valence-electron chi connectivity index (χ2n) is 4.08. The summed E-state index contributed by atoms with van der Waals surface area (Å²) in [5.74, 6) is -0.158. The van der Waals surface area contributed by atoms with Crippen molar-refractivity contribution in [3.8, 4) is 0 Å². The first-order valence-electron chi connectivity index (χ1n) is 5.95. The van der Waals surface area contributed by atoms with Crippen molar-refractivity contribution >= 4 is 5.97 Å². The Kier molecular flexibility index (Phi) is 5.63. The van der Waals surface area contributed by atoms with Gasteiger partial charge in [-0.15, -0.1) is 0 Å². The lowest BCUT2D eigenvalue weighted by molar-refractivity contribution is -0.143. The Hall–Kier alpha value is -1.42. The van der Waals surface area contributed by atoms with Gasteiger partial charge in [0, 0.05) is 24.5 Å². The van der Waals surface area contributed by atoms with Crippen LogP contribution in [0.15, 0.2) is 24.5 Å². The molecule has 0 saturated carbocycles. The third-order valence-electron chi connectivity index (χ3n) is 2.52. The Balaban J connectivity index is 2.41. The Morgan fingerprint density at radius 1 is 1.41 bits per heavy atom. The minimum Gasteiger partial charge on any atom is -0.466 e. The molecule has 1 aromatic heterocycles. The molecule has 1 aromatic rings. The molecule has 0 radical (unpaired) electrons.